The summed E-state index contributed by atoms with van der Waals surface area (Å²) in [4.78, 5) is 24.4. The third kappa shape index (κ3) is 2.51. The Morgan fingerprint density at radius 2 is 1.81 bits per heavy atom. The number of hydrogen-bond acceptors (Lipinski definition) is 3. The summed E-state index contributed by atoms with van der Waals surface area (Å²) in [6, 6.07) is 5.82. The summed E-state index contributed by atoms with van der Waals surface area (Å²) in [7, 11) is 0. The Bertz CT molecular complexity index is 644. The van der Waals surface area contributed by atoms with Crippen LogP contribution in [0.15, 0.2) is 35.5 Å². The van der Waals surface area contributed by atoms with Gasteiger partial charge in [0, 0.05) is 17.7 Å². The van der Waals surface area contributed by atoms with Crippen molar-refractivity contribution in [3.8, 4) is 5.75 Å². The lowest BCUT2D eigenvalue weighted by Gasteiger charge is -2.38. The monoisotopic (exact) mass is 286 g/mol. The zero-order chi connectivity index (χ0) is 15.2. The van der Waals surface area contributed by atoms with Gasteiger partial charge in [-0.1, -0.05) is 26.0 Å². The SMILES string of the molecule is CC1(C)CC(=O)C2=C(C1)NC(=O)NC2c1ccc(O)cc1. The summed E-state index contributed by atoms with van der Waals surface area (Å²) in [6.45, 7) is 4.05. The van der Waals surface area contributed by atoms with Gasteiger partial charge in [-0.25, -0.2) is 4.79 Å². The number of phenolic OH excluding ortho intramolecular Hbond substituents is 1. The summed E-state index contributed by atoms with van der Waals surface area (Å²) in [5.41, 5.74) is 2.01. The smallest absolute Gasteiger partial charge is 0.319 e. The van der Waals surface area contributed by atoms with Crippen LogP contribution in [0.25, 0.3) is 0 Å². The lowest BCUT2D eigenvalue weighted by atomic mass is 9.73. The maximum Gasteiger partial charge on any atom is 0.319 e. The Kier molecular flexibility index (Phi) is 3.01. The van der Waals surface area contributed by atoms with Crippen LogP contribution in [0, 0.1) is 5.41 Å². The molecule has 1 aliphatic carbocycles. The molecule has 5 heteroatoms. The number of carbonyl (C=O) groups excluding carboxylic acids is 2. The van der Waals surface area contributed by atoms with E-state index >= 15 is 0 Å². The fourth-order valence-electron chi connectivity index (χ4n) is 3.07. The number of phenols is 1. The van der Waals surface area contributed by atoms with Crippen molar-refractivity contribution in [2.24, 2.45) is 5.41 Å². The molecule has 1 heterocycles. The number of rotatable bonds is 1. The van der Waals surface area contributed by atoms with Gasteiger partial charge in [0.2, 0.25) is 0 Å². The zero-order valence-corrected chi connectivity index (χ0v) is 12.1. The maximum atomic E-state index is 12.5. The first kappa shape index (κ1) is 13.7. The van der Waals surface area contributed by atoms with Crippen molar-refractivity contribution in [2.45, 2.75) is 32.7 Å². The molecule has 3 rings (SSSR count). The maximum absolute atomic E-state index is 12.5. The van der Waals surface area contributed by atoms with Gasteiger partial charge >= 0.3 is 6.03 Å². The largest absolute Gasteiger partial charge is 0.508 e. The van der Waals surface area contributed by atoms with Crippen molar-refractivity contribution in [2.75, 3.05) is 0 Å². The first-order valence-corrected chi connectivity index (χ1v) is 6.98. The van der Waals surface area contributed by atoms with E-state index in [1.54, 1.807) is 24.3 Å². The summed E-state index contributed by atoms with van der Waals surface area (Å²) in [5.74, 6) is 0.219. The molecule has 0 fully saturated rings. The Labute approximate surface area is 123 Å². The lowest BCUT2D eigenvalue weighted by Crippen LogP contribution is -2.48. The van der Waals surface area contributed by atoms with Gasteiger partial charge in [-0.2, -0.15) is 0 Å². The Balaban J connectivity index is 2.06. The molecule has 0 radical (unpaired) electrons. The fourth-order valence-corrected chi connectivity index (χ4v) is 3.07. The highest BCUT2D eigenvalue weighted by molar-refractivity contribution is 6.01. The minimum atomic E-state index is -0.446. The number of aromatic hydroxyl groups is 1. The number of benzene rings is 1. The molecule has 1 aromatic carbocycles. The van der Waals surface area contributed by atoms with Crippen molar-refractivity contribution < 1.29 is 14.7 Å². The highest BCUT2D eigenvalue weighted by Crippen LogP contribution is 2.41. The quantitative estimate of drug-likeness (QED) is 0.741. The van der Waals surface area contributed by atoms with Crippen molar-refractivity contribution >= 4 is 11.8 Å². The highest BCUT2D eigenvalue weighted by atomic mass is 16.3. The fraction of sp³-hybridized carbons (Fsp3) is 0.375. The molecule has 5 nitrogen and oxygen atoms in total. The van der Waals surface area contributed by atoms with Crippen LogP contribution in [0.3, 0.4) is 0 Å². The molecule has 110 valence electrons. The van der Waals surface area contributed by atoms with E-state index < -0.39 is 6.04 Å². The molecule has 1 aliphatic heterocycles. The highest BCUT2D eigenvalue weighted by Gasteiger charge is 2.40. The predicted molar refractivity (Wildman–Crippen MR) is 77.6 cm³/mol. The van der Waals surface area contributed by atoms with Gasteiger partial charge in [-0.15, -0.1) is 0 Å². The number of urea groups is 1. The molecule has 1 aromatic rings. The van der Waals surface area contributed by atoms with Gasteiger partial charge in [-0.05, 0) is 29.5 Å². The van der Waals surface area contributed by atoms with Gasteiger partial charge < -0.3 is 15.7 Å². The second-order valence-electron chi connectivity index (χ2n) is 6.46. The Hall–Kier alpha value is -2.30. The number of hydrogen-bond donors (Lipinski definition) is 3. The number of carbonyl (C=O) groups is 2. The number of amides is 2. The van der Waals surface area contributed by atoms with Gasteiger partial charge in [0.05, 0.1) is 6.04 Å². The molecule has 1 atom stereocenters. The van der Waals surface area contributed by atoms with Crippen LogP contribution in [-0.4, -0.2) is 16.9 Å². The summed E-state index contributed by atoms with van der Waals surface area (Å²) in [6.07, 6.45) is 1.15. The minimum absolute atomic E-state index is 0.0619. The standard InChI is InChI=1S/C16H18N2O3/c1-16(2)7-11-13(12(20)8-16)14(18-15(21)17-11)9-3-5-10(19)6-4-9/h3-6,14,19H,7-8H2,1-2H3,(H2,17,18,21). The average molecular weight is 286 g/mol. The van der Waals surface area contributed by atoms with Crippen LogP contribution in [-0.2, 0) is 4.79 Å². The van der Waals surface area contributed by atoms with E-state index in [9.17, 15) is 14.7 Å². The number of Topliss-reactive ketones (excluding diaryl/α,β-unsaturated/α-hetero) is 1. The van der Waals surface area contributed by atoms with Crippen molar-refractivity contribution in [1.29, 1.82) is 0 Å². The molecule has 0 aromatic heterocycles. The van der Waals surface area contributed by atoms with Gasteiger partial charge in [0.1, 0.15) is 5.75 Å². The van der Waals surface area contributed by atoms with E-state index in [1.807, 2.05) is 13.8 Å². The van der Waals surface area contributed by atoms with E-state index in [0.29, 0.717) is 18.4 Å². The lowest BCUT2D eigenvalue weighted by molar-refractivity contribution is -0.118. The number of ketones is 1. The second kappa shape index (κ2) is 4.62. The summed E-state index contributed by atoms with van der Waals surface area (Å²) >= 11 is 0. The third-order valence-corrected chi connectivity index (χ3v) is 3.97. The first-order chi connectivity index (χ1) is 9.85. The topological polar surface area (TPSA) is 78.4 Å². The van der Waals surface area contributed by atoms with E-state index in [-0.39, 0.29) is 23.0 Å². The van der Waals surface area contributed by atoms with E-state index in [0.717, 1.165) is 11.3 Å². The molecule has 2 aliphatic rings. The molecule has 0 saturated carbocycles. The van der Waals surface area contributed by atoms with E-state index in [2.05, 4.69) is 10.6 Å². The minimum Gasteiger partial charge on any atom is -0.508 e. The van der Waals surface area contributed by atoms with Crippen molar-refractivity contribution in [1.82, 2.24) is 10.6 Å². The molecule has 21 heavy (non-hydrogen) atoms. The molecule has 2 amide bonds. The van der Waals surface area contributed by atoms with Crippen LogP contribution in [0.1, 0.15) is 38.3 Å². The Morgan fingerprint density at radius 3 is 2.48 bits per heavy atom. The summed E-state index contributed by atoms with van der Waals surface area (Å²) in [5, 5.41) is 15.0. The van der Waals surface area contributed by atoms with Crippen molar-refractivity contribution in [3.05, 3.63) is 41.1 Å². The number of nitrogens with one attached hydrogen (secondary N) is 2. The van der Waals surface area contributed by atoms with Crippen LogP contribution in [0.2, 0.25) is 0 Å². The first-order valence-electron chi connectivity index (χ1n) is 6.98. The number of allylic oxidation sites excluding steroid dienone is 1. The molecule has 3 N–H and O–H groups in total. The molecular weight excluding hydrogens is 268 g/mol. The van der Waals surface area contributed by atoms with Crippen LogP contribution >= 0.6 is 0 Å². The molecular formula is C16H18N2O3. The van der Waals surface area contributed by atoms with Gasteiger partial charge in [-0.3, -0.25) is 4.79 Å². The van der Waals surface area contributed by atoms with E-state index in [4.69, 9.17) is 0 Å². The predicted octanol–water partition coefficient (Wildman–Crippen LogP) is 2.39. The van der Waals surface area contributed by atoms with Crippen LogP contribution < -0.4 is 10.6 Å². The van der Waals surface area contributed by atoms with Crippen LogP contribution in [0.4, 0.5) is 4.79 Å². The Morgan fingerprint density at radius 1 is 1.14 bits per heavy atom. The third-order valence-electron chi connectivity index (χ3n) is 3.97. The molecule has 0 saturated heterocycles. The second-order valence-corrected chi connectivity index (χ2v) is 6.46. The molecule has 0 bridgehead atoms. The normalized spacial score (nSPS) is 24.2. The van der Waals surface area contributed by atoms with Gasteiger partial charge in [0.15, 0.2) is 5.78 Å². The molecule has 1 unspecified atom stereocenters. The van der Waals surface area contributed by atoms with Gasteiger partial charge in [0.25, 0.3) is 0 Å². The van der Waals surface area contributed by atoms with Crippen LogP contribution in [0.5, 0.6) is 5.75 Å². The average Bonchev–Trinajstić information content (AvgIpc) is 2.36. The van der Waals surface area contributed by atoms with E-state index in [1.165, 1.54) is 0 Å². The zero-order valence-electron chi connectivity index (χ0n) is 12.1. The summed E-state index contributed by atoms with van der Waals surface area (Å²) < 4.78 is 0. The van der Waals surface area contributed by atoms with Crippen molar-refractivity contribution in [3.63, 3.8) is 0 Å². The molecule has 0 spiro atoms.